The van der Waals surface area contributed by atoms with Gasteiger partial charge in [-0.1, -0.05) is 0 Å². The summed E-state index contributed by atoms with van der Waals surface area (Å²) >= 11 is 0. The van der Waals surface area contributed by atoms with Gasteiger partial charge in [0.15, 0.2) is 44.0 Å². The third kappa shape index (κ3) is 18.5. The average molecular weight is 1510 g/mol. The Hall–Kier alpha value is -3.64. The van der Waals surface area contributed by atoms with Crippen LogP contribution in [0.15, 0.2) is 0 Å². The predicted octanol–water partition coefficient (Wildman–Crippen LogP) is -17.8. The minimum atomic E-state index is -3.19. The Balaban J connectivity index is 1.20. The first-order chi connectivity index (χ1) is 48.5. The van der Waals surface area contributed by atoms with Crippen molar-refractivity contribution in [1.29, 1.82) is 0 Å². The second-order valence-corrected chi connectivity index (χ2v) is 26.0. The lowest BCUT2D eigenvalue weighted by atomic mass is 9.88. The Morgan fingerprint density at radius 3 is 1.26 bits per heavy atom. The van der Waals surface area contributed by atoms with Crippen LogP contribution in [-0.4, -0.2) is 444 Å². The summed E-state index contributed by atoms with van der Waals surface area (Å²) in [6.07, 6.45) is -80.7. The highest BCUT2D eigenvalue weighted by molar-refractivity contribution is 5.78. The molecule has 0 radical (unpaired) electrons. The number of rotatable bonds is 27. The van der Waals surface area contributed by atoms with Crippen molar-refractivity contribution in [2.24, 2.45) is 0 Å². The van der Waals surface area contributed by atoms with Gasteiger partial charge in [0.1, 0.15) is 183 Å². The van der Waals surface area contributed by atoms with E-state index < -0.39 is 327 Å². The molecule has 8 saturated heterocycles. The van der Waals surface area contributed by atoms with Crippen LogP contribution in [0.2, 0.25) is 0 Å². The molecule has 41 atom stereocenters. The summed E-state index contributed by atoms with van der Waals surface area (Å²) in [6.45, 7) is -4.18. The molecule has 27 N–H and O–H groups in total. The molecule has 0 aromatic heterocycles. The van der Waals surface area contributed by atoms with E-state index in [0.717, 1.165) is 13.8 Å². The predicted molar refractivity (Wildman–Crippen MR) is 315 cm³/mol. The molecule has 8 fully saturated rings. The summed E-state index contributed by atoms with van der Waals surface area (Å²) in [5, 5.41) is 271. The van der Waals surface area contributed by atoms with Crippen LogP contribution < -0.4 is 16.0 Å². The highest BCUT2D eigenvalue weighted by Gasteiger charge is 2.62. The molecule has 8 aliphatic rings. The third-order valence-corrected chi connectivity index (χ3v) is 18.9. The minimum Gasteiger partial charge on any atom is -0.477 e. The number of nitrogens with one attached hydrogen (secondary N) is 3. The van der Waals surface area contributed by atoms with Crippen LogP contribution in [0, 0.1) is 0 Å². The average Bonchev–Trinajstić information content (AvgIpc) is 0.762. The van der Waals surface area contributed by atoms with Gasteiger partial charge in [-0.15, -0.1) is 0 Å². The number of carboxylic acids is 1. The van der Waals surface area contributed by atoms with Gasteiger partial charge in [-0.05, 0) is 13.8 Å². The molecule has 8 heterocycles. The van der Waals surface area contributed by atoms with Gasteiger partial charge in [0.25, 0.3) is 5.79 Å². The van der Waals surface area contributed by atoms with E-state index in [1.165, 1.54) is 13.8 Å². The Kier molecular flexibility index (Phi) is 29.9. The van der Waals surface area contributed by atoms with Gasteiger partial charge in [0.2, 0.25) is 17.7 Å². The first-order valence-corrected chi connectivity index (χ1v) is 32.6. The van der Waals surface area contributed by atoms with Crippen molar-refractivity contribution < 1.29 is 213 Å². The summed E-state index contributed by atoms with van der Waals surface area (Å²) in [4.78, 5) is 51.6. The first-order valence-electron chi connectivity index (χ1n) is 32.6. The summed E-state index contributed by atoms with van der Waals surface area (Å²) < 4.78 is 89.7. The number of aliphatic hydroxyl groups is 23. The van der Waals surface area contributed by atoms with Crippen molar-refractivity contribution >= 4 is 23.7 Å². The van der Waals surface area contributed by atoms with Crippen LogP contribution in [0.3, 0.4) is 0 Å². The smallest absolute Gasteiger partial charge is 0.364 e. The highest BCUT2D eigenvalue weighted by Crippen LogP contribution is 2.41. The number of hydrogen-bond acceptors (Lipinski definition) is 42. The Morgan fingerprint density at radius 2 is 0.806 bits per heavy atom. The molecular weight excluding hydrogens is 1410 g/mol. The molecule has 0 bridgehead atoms. The number of carbonyl (C=O) groups excluding carboxylic acids is 3. The van der Waals surface area contributed by atoms with Gasteiger partial charge in [0.05, 0.1) is 64.0 Å². The van der Waals surface area contributed by atoms with Gasteiger partial charge >= 0.3 is 5.97 Å². The fourth-order valence-corrected chi connectivity index (χ4v) is 13.1. The molecule has 0 aromatic rings. The van der Waals surface area contributed by atoms with E-state index in [0.29, 0.717) is 0 Å². The maximum Gasteiger partial charge on any atom is 0.364 e. The van der Waals surface area contributed by atoms with Gasteiger partial charge in [-0.25, -0.2) is 4.79 Å². The molecule has 8 aliphatic heterocycles. The summed E-state index contributed by atoms with van der Waals surface area (Å²) in [7, 11) is 0. The van der Waals surface area contributed by atoms with Crippen molar-refractivity contribution in [1.82, 2.24) is 16.0 Å². The number of aliphatic hydroxyl groups excluding tert-OH is 23. The Labute approximate surface area is 582 Å². The second kappa shape index (κ2) is 36.3. The molecule has 0 aromatic carbocycles. The molecule has 596 valence electrons. The van der Waals surface area contributed by atoms with Gasteiger partial charge in [-0.2, -0.15) is 0 Å². The van der Waals surface area contributed by atoms with Crippen LogP contribution in [0.1, 0.15) is 34.1 Å². The molecule has 0 spiro atoms. The van der Waals surface area contributed by atoms with E-state index in [9.17, 15) is 142 Å². The zero-order chi connectivity index (χ0) is 76.3. The standard InChI is InChI=1S/C57H95N3O43/c1-13-28(72)36(80)39(83)51(90-13)101-47-45(99-50-27(59-16(4)68)43(32(76)20(8-63)93-50)97-53-41(85)38(82)31(75)19(7-62)94-53)33(77)21(9-64)96-55(47)100-46-34(78)22(10-65)95-54(48(46)102-52-40(84)37(81)29(73)14(2)91-52)98-42-26(58-15(3)67)49(86)92-23(35(42)79)12-89-57(56(87)88)5-17(69)25(60-24(71)11-66)44(103-57)30(74)18(70)6-61/h13-14,17-23,25-55,61-66,69-70,72-86H,5-12H2,1-4H3,(H,58,67)(H,59,68)(H,60,71)(H,87,88)/t13-,14-,17-,18+,19+,20+,21+,22+,23+,25+,26+,27+,28+,29+,30+,31-,32-,33-,34-,35-,36+,37+,38-,39-,40-,41+,42+,43+,44+,45-,46-,47+,48+,49?,50+,51-,52-,53+,54-,55-,57+/m0/s1. The number of carboxylic acid groups (broad SMARTS) is 1. The number of hydrogen-bond donors (Lipinski definition) is 27. The van der Waals surface area contributed by atoms with E-state index in [1.807, 2.05) is 0 Å². The first kappa shape index (κ1) is 85.0. The molecular formula is C57H95N3O43. The lowest BCUT2D eigenvalue weighted by Crippen LogP contribution is -2.71. The molecule has 0 aliphatic carbocycles. The Bertz CT molecular complexity index is 2730. The van der Waals surface area contributed by atoms with E-state index in [-0.39, 0.29) is 0 Å². The molecule has 46 nitrogen and oxygen atoms in total. The van der Waals surface area contributed by atoms with Crippen molar-refractivity contribution in [3.63, 3.8) is 0 Å². The van der Waals surface area contributed by atoms with Crippen LogP contribution in [-0.2, 0) is 90.2 Å². The lowest BCUT2D eigenvalue weighted by Gasteiger charge is -2.52. The van der Waals surface area contributed by atoms with Crippen LogP contribution in [0.4, 0.5) is 0 Å². The third-order valence-electron chi connectivity index (χ3n) is 18.9. The van der Waals surface area contributed by atoms with Gasteiger partial charge in [0, 0.05) is 20.3 Å². The van der Waals surface area contributed by atoms with Crippen LogP contribution in [0.25, 0.3) is 0 Å². The zero-order valence-electron chi connectivity index (χ0n) is 55.2. The van der Waals surface area contributed by atoms with Crippen molar-refractivity contribution in [3.05, 3.63) is 0 Å². The topological polar surface area (TPSA) is 728 Å². The van der Waals surface area contributed by atoms with Gasteiger partial charge in [-0.3, -0.25) is 14.4 Å². The lowest BCUT2D eigenvalue weighted by molar-refractivity contribution is -0.417. The largest absolute Gasteiger partial charge is 0.477 e. The van der Waals surface area contributed by atoms with E-state index in [1.54, 1.807) is 0 Å². The van der Waals surface area contributed by atoms with Crippen molar-refractivity contribution in [2.45, 2.75) is 285 Å². The normalized spacial score (nSPS) is 48.3. The fourth-order valence-electron chi connectivity index (χ4n) is 13.1. The number of carbonyl (C=O) groups is 4. The molecule has 103 heavy (non-hydrogen) atoms. The van der Waals surface area contributed by atoms with Crippen LogP contribution in [0.5, 0.6) is 0 Å². The number of amides is 3. The maximum atomic E-state index is 13.2. The number of aliphatic carboxylic acids is 1. The molecule has 0 saturated carbocycles. The molecule has 3 amide bonds. The monoisotopic (exact) mass is 1510 g/mol. The molecule has 1 unspecified atom stereocenters. The highest BCUT2D eigenvalue weighted by atomic mass is 16.8. The molecule has 46 heteroatoms. The van der Waals surface area contributed by atoms with E-state index >= 15 is 0 Å². The minimum absolute atomic E-state index is 0.901. The summed E-state index contributed by atoms with van der Waals surface area (Å²) in [6, 6.07) is -5.83. The summed E-state index contributed by atoms with van der Waals surface area (Å²) in [5.74, 6) is -8.46. The van der Waals surface area contributed by atoms with E-state index in [2.05, 4.69) is 16.0 Å². The second-order valence-electron chi connectivity index (χ2n) is 26.0. The van der Waals surface area contributed by atoms with E-state index in [4.69, 9.17) is 71.1 Å². The van der Waals surface area contributed by atoms with Gasteiger partial charge < -0.3 is 210 Å². The summed E-state index contributed by atoms with van der Waals surface area (Å²) in [5.41, 5.74) is 0. The Morgan fingerprint density at radius 1 is 0.427 bits per heavy atom. The number of ether oxygens (including phenoxy) is 15. The quantitative estimate of drug-likeness (QED) is 0.0363. The van der Waals surface area contributed by atoms with Crippen molar-refractivity contribution in [3.8, 4) is 0 Å². The SMILES string of the molecule is CC(=O)N[C@H]1[C@@H](O[C@H]2[C@@H](O)[C@@H](CO)O[C@@H](O[C@H]3[C@@H](O)[C@@H](CO)O[C@@H](O[C@H]4[C@@H](O)[C@@H](CO[C@]5(C(=O)O)C[C@H](O)[C@@H](NC(=O)CO)[C@H]([C@H](O)[C@H](O)CO)O5)OC(O)[C@@H]4NC(C)=O)[C@@H]3O[C@@H]3O[C@@H](C)[C@@H](O)[C@@H](O)[C@@H]3O)[C@@H]2O[C@@H]2O[C@@H](C)[C@@H](O)[C@@H](O)[C@@H]2O)O[C@H](CO)[C@H](O)[C@@H]1O[C@H]1O[C@H](CO)[C@H](O)[C@H](O)[C@H]1O. The molecule has 8 rings (SSSR count). The van der Waals surface area contributed by atoms with Crippen molar-refractivity contribution in [2.75, 3.05) is 46.2 Å². The maximum absolute atomic E-state index is 13.2. The zero-order valence-corrected chi connectivity index (χ0v) is 55.2. The van der Waals surface area contributed by atoms with Crippen LogP contribution >= 0.6 is 0 Å². The fraction of sp³-hybridized carbons (Fsp3) is 0.930.